The van der Waals surface area contributed by atoms with Gasteiger partial charge in [0.05, 0.1) is 0 Å². The van der Waals surface area contributed by atoms with E-state index in [4.69, 9.17) is 4.74 Å². The second kappa shape index (κ2) is 6.65. The fraction of sp³-hybridized carbons (Fsp3) is 0.500. The quantitative estimate of drug-likeness (QED) is 0.777. The number of hydrogen-bond donors (Lipinski definition) is 1. The van der Waals surface area contributed by atoms with Crippen LogP contribution in [0.25, 0.3) is 0 Å². The number of rotatable bonds is 7. The van der Waals surface area contributed by atoms with Crippen molar-refractivity contribution in [3.05, 3.63) is 35.9 Å². The molecule has 0 saturated heterocycles. The van der Waals surface area contributed by atoms with E-state index >= 15 is 0 Å². The molecule has 0 aliphatic heterocycles. The molecule has 1 unspecified atom stereocenters. The van der Waals surface area contributed by atoms with Gasteiger partial charge in [0, 0.05) is 13.7 Å². The van der Waals surface area contributed by atoms with E-state index in [0.29, 0.717) is 6.42 Å². The zero-order chi connectivity index (χ0) is 13.6. The SMILES string of the molecule is CCC(CNS(=O)(=O)CBr)(OC)c1ccccc1. The van der Waals surface area contributed by atoms with Gasteiger partial charge in [0.2, 0.25) is 10.0 Å². The van der Waals surface area contributed by atoms with Gasteiger partial charge in [-0.1, -0.05) is 53.2 Å². The van der Waals surface area contributed by atoms with Crippen LogP contribution < -0.4 is 4.72 Å². The highest BCUT2D eigenvalue weighted by atomic mass is 79.9. The number of benzene rings is 1. The molecule has 1 atom stereocenters. The first-order valence-corrected chi connectivity index (χ1v) is 8.41. The van der Waals surface area contributed by atoms with Gasteiger partial charge >= 0.3 is 0 Å². The summed E-state index contributed by atoms with van der Waals surface area (Å²) in [6.45, 7) is 2.19. The Morgan fingerprint density at radius 1 is 1.33 bits per heavy atom. The van der Waals surface area contributed by atoms with Gasteiger partial charge in [0.1, 0.15) is 10.3 Å². The molecule has 4 nitrogen and oxygen atoms in total. The topological polar surface area (TPSA) is 55.4 Å². The van der Waals surface area contributed by atoms with E-state index in [9.17, 15) is 8.42 Å². The van der Waals surface area contributed by atoms with Crippen LogP contribution >= 0.6 is 15.9 Å². The first-order valence-electron chi connectivity index (χ1n) is 5.63. The molecule has 0 radical (unpaired) electrons. The number of ether oxygens (including phenoxy) is 1. The molecule has 102 valence electrons. The van der Waals surface area contributed by atoms with Crippen molar-refractivity contribution in [2.24, 2.45) is 0 Å². The Morgan fingerprint density at radius 3 is 2.39 bits per heavy atom. The van der Waals surface area contributed by atoms with Gasteiger partial charge < -0.3 is 4.74 Å². The van der Waals surface area contributed by atoms with Gasteiger partial charge in [-0.05, 0) is 12.0 Å². The van der Waals surface area contributed by atoms with E-state index < -0.39 is 15.6 Å². The Hall–Kier alpha value is -0.430. The third kappa shape index (κ3) is 3.78. The zero-order valence-corrected chi connectivity index (χ0v) is 12.9. The van der Waals surface area contributed by atoms with Crippen molar-refractivity contribution < 1.29 is 13.2 Å². The third-order valence-corrected chi connectivity index (χ3v) is 5.66. The minimum atomic E-state index is -3.29. The van der Waals surface area contributed by atoms with Crippen LogP contribution in [0.1, 0.15) is 18.9 Å². The summed E-state index contributed by atoms with van der Waals surface area (Å²) in [5.41, 5.74) is 0.337. The maximum atomic E-state index is 11.5. The fourth-order valence-electron chi connectivity index (χ4n) is 1.77. The Kier molecular flexibility index (Phi) is 5.78. The highest BCUT2D eigenvalue weighted by Gasteiger charge is 2.31. The Morgan fingerprint density at radius 2 is 1.94 bits per heavy atom. The van der Waals surface area contributed by atoms with Crippen molar-refractivity contribution in [1.29, 1.82) is 0 Å². The van der Waals surface area contributed by atoms with Crippen molar-refractivity contribution in [2.75, 3.05) is 18.3 Å². The fourth-order valence-corrected chi connectivity index (χ4v) is 2.79. The summed E-state index contributed by atoms with van der Waals surface area (Å²) in [7, 11) is -1.70. The molecular weight excluding hydrogens is 318 g/mol. The van der Waals surface area contributed by atoms with Crippen LogP contribution in [-0.2, 0) is 20.4 Å². The van der Waals surface area contributed by atoms with E-state index in [0.717, 1.165) is 5.56 Å². The van der Waals surface area contributed by atoms with Crippen molar-refractivity contribution in [2.45, 2.75) is 18.9 Å². The molecule has 18 heavy (non-hydrogen) atoms. The number of methoxy groups -OCH3 is 1. The van der Waals surface area contributed by atoms with Crippen LogP contribution in [0, 0.1) is 0 Å². The van der Waals surface area contributed by atoms with Gasteiger partial charge in [0.25, 0.3) is 0 Å². The molecule has 0 spiro atoms. The second-order valence-electron chi connectivity index (χ2n) is 3.96. The monoisotopic (exact) mass is 335 g/mol. The number of halogens is 1. The molecule has 0 aliphatic rings. The average Bonchev–Trinajstić information content (AvgIpc) is 2.42. The van der Waals surface area contributed by atoms with Gasteiger partial charge in [0.15, 0.2) is 0 Å². The van der Waals surface area contributed by atoms with Gasteiger partial charge in [-0.25, -0.2) is 13.1 Å². The highest BCUT2D eigenvalue weighted by Crippen LogP contribution is 2.28. The van der Waals surface area contributed by atoms with E-state index in [1.54, 1.807) is 7.11 Å². The smallest absolute Gasteiger partial charge is 0.221 e. The van der Waals surface area contributed by atoms with Crippen LogP contribution in [0.5, 0.6) is 0 Å². The summed E-state index contributed by atoms with van der Waals surface area (Å²) < 4.78 is 31.0. The lowest BCUT2D eigenvalue weighted by atomic mass is 9.91. The lowest BCUT2D eigenvalue weighted by molar-refractivity contribution is -0.0132. The number of hydrogen-bond acceptors (Lipinski definition) is 3. The molecule has 0 saturated carbocycles. The van der Waals surface area contributed by atoms with Crippen molar-refractivity contribution >= 4 is 26.0 Å². The van der Waals surface area contributed by atoms with E-state index in [1.807, 2.05) is 37.3 Å². The summed E-state index contributed by atoms with van der Waals surface area (Å²) in [4.78, 5) is 0. The van der Waals surface area contributed by atoms with Crippen LogP contribution in [0.4, 0.5) is 0 Å². The Balaban J connectivity index is 2.95. The first-order chi connectivity index (χ1) is 8.49. The maximum Gasteiger partial charge on any atom is 0.221 e. The molecule has 0 fully saturated rings. The van der Waals surface area contributed by atoms with Crippen LogP contribution in [-0.4, -0.2) is 26.7 Å². The summed E-state index contributed by atoms with van der Waals surface area (Å²) in [5.74, 6) is 0. The van der Waals surface area contributed by atoms with Gasteiger partial charge in [-0.3, -0.25) is 0 Å². The van der Waals surface area contributed by atoms with E-state index in [2.05, 4.69) is 20.7 Å². The maximum absolute atomic E-state index is 11.5. The molecular formula is C12H18BrNO3S. The van der Waals surface area contributed by atoms with Crippen LogP contribution in [0.3, 0.4) is 0 Å². The Labute approximate surface area is 117 Å². The molecule has 1 rings (SSSR count). The molecule has 0 aliphatic carbocycles. The Bertz CT molecular complexity index is 457. The van der Waals surface area contributed by atoms with Crippen molar-refractivity contribution in [3.63, 3.8) is 0 Å². The number of sulfonamides is 1. The second-order valence-corrected chi connectivity index (χ2v) is 7.07. The van der Waals surface area contributed by atoms with E-state index in [-0.39, 0.29) is 11.2 Å². The van der Waals surface area contributed by atoms with Crippen molar-refractivity contribution in [3.8, 4) is 0 Å². The lowest BCUT2D eigenvalue weighted by Gasteiger charge is -2.32. The van der Waals surface area contributed by atoms with Crippen LogP contribution in [0.2, 0.25) is 0 Å². The zero-order valence-electron chi connectivity index (χ0n) is 10.5. The third-order valence-electron chi connectivity index (χ3n) is 2.98. The minimum absolute atomic E-state index is 0.113. The standard InChI is InChI=1S/C12H18BrNO3S/c1-3-12(17-2,9-14-18(15,16)10-13)11-7-5-4-6-8-11/h4-8,14H,3,9-10H2,1-2H3. The molecule has 0 aromatic heterocycles. The number of nitrogens with one attached hydrogen (secondary N) is 1. The minimum Gasteiger partial charge on any atom is -0.372 e. The van der Waals surface area contributed by atoms with Gasteiger partial charge in [-0.15, -0.1) is 0 Å². The summed E-state index contributed by atoms with van der Waals surface area (Å²) in [6.07, 6.45) is 0.679. The molecule has 6 heteroatoms. The summed E-state index contributed by atoms with van der Waals surface area (Å²) in [5, 5.41) is 0. The summed E-state index contributed by atoms with van der Waals surface area (Å²) >= 11 is 2.95. The van der Waals surface area contributed by atoms with E-state index in [1.165, 1.54) is 0 Å². The molecule has 1 N–H and O–H groups in total. The molecule has 0 amide bonds. The summed E-state index contributed by atoms with van der Waals surface area (Å²) in [6, 6.07) is 9.63. The molecule has 1 aromatic rings. The lowest BCUT2D eigenvalue weighted by Crippen LogP contribution is -2.42. The largest absolute Gasteiger partial charge is 0.372 e. The van der Waals surface area contributed by atoms with Crippen molar-refractivity contribution in [1.82, 2.24) is 4.72 Å². The average molecular weight is 336 g/mol. The van der Waals surface area contributed by atoms with Crippen LogP contribution in [0.15, 0.2) is 30.3 Å². The molecule has 0 heterocycles. The number of alkyl halides is 1. The molecule has 1 aromatic carbocycles. The highest BCUT2D eigenvalue weighted by molar-refractivity contribution is 9.10. The predicted octanol–water partition coefficient (Wildman–Crippen LogP) is 2.21. The van der Waals surface area contributed by atoms with Gasteiger partial charge in [-0.2, -0.15) is 0 Å². The molecule has 0 bridgehead atoms. The predicted molar refractivity (Wildman–Crippen MR) is 76.1 cm³/mol. The normalized spacial score (nSPS) is 15.3. The first kappa shape index (κ1) is 15.6.